The number of para-hydroxylation sites is 1. The van der Waals surface area contributed by atoms with Crippen LogP contribution in [0.1, 0.15) is 49.9 Å². The molecule has 2 fully saturated rings. The number of benzene rings is 2. The highest BCUT2D eigenvalue weighted by molar-refractivity contribution is 5.88. The summed E-state index contributed by atoms with van der Waals surface area (Å²) in [7, 11) is 0. The van der Waals surface area contributed by atoms with Gasteiger partial charge in [0, 0.05) is 39.0 Å². The highest BCUT2D eigenvalue weighted by Gasteiger charge is 2.26. The summed E-state index contributed by atoms with van der Waals surface area (Å²) in [6, 6.07) is 20.5. The summed E-state index contributed by atoms with van der Waals surface area (Å²) in [5, 5.41) is 5.64. The van der Waals surface area contributed by atoms with Crippen molar-refractivity contribution >= 4 is 22.8 Å². The summed E-state index contributed by atoms with van der Waals surface area (Å²) >= 11 is 0. The molecule has 3 heterocycles. The summed E-state index contributed by atoms with van der Waals surface area (Å²) in [6.07, 6.45) is 9.53. The quantitative estimate of drug-likeness (QED) is 0.361. The highest BCUT2D eigenvalue weighted by Crippen LogP contribution is 2.30. The van der Waals surface area contributed by atoms with Gasteiger partial charge >= 0.3 is 0 Å². The van der Waals surface area contributed by atoms with E-state index in [0.29, 0.717) is 18.7 Å². The first-order valence-electron chi connectivity index (χ1n) is 13.6. The lowest BCUT2D eigenvalue weighted by Gasteiger charge is -2.36. The molecule has 0 radical (unpaired) electrons. The molecule has 0 N–H and O–H groups in total. The monoisotopic (exact) mass is 494 g/mol. The van der Waals surface area contributed by atoms with Crippen molar-refractivity contribution in [1.29, 1.82) is 0 Å². The number of rotatable bonds is 7. The van der Waals surface area contributed by atoms with E-state index in [2.05, 4.69) is 17.0 Å². The fourth-order valence-electron chi connectivity index (χ4n) is 5.75. The van der Waals surface area contributed by atoms with Gasteiger partial charge in [-0.25, -0.2) is 14.6 Å². The maximum atomic E-state index is 12.9. The first-order valence-corrected chi connectivity index (χ1v) is 13.6. The van der Waals surface area contributed by atoms with Gasteiger partial charge in [-0.15, -0.1) is 0 Å². The minimum atomic E-state index is 0.307. The molecule has 37 heavy (non-hydrogen) atoms. The molecule has 0 atom stereocenters. The Bertz CT molecular complexity index is 1340. The zero-order valence-corrected chi connectivity index (χ0v) is 21.3. The van der Waals surface area contributed by atoms with Gasteiger partial charge in [0.1, 0.15) is 11.6 Å². The molecule has 7 heteroatoms. The summed E-state index contributed by atoms with van der Waals surface area (Å²) in [5.41, 5.74) is 2.97. The number of piperazine rings is 1. The van der Waals surface area contributed by atoms with E-state index in [9.17, 15) is 4.79 Å². The Labute approximate surface area is 218 Å². The third-order valence-electron chi connectivity index (χ3n) is 7.83. The third kappa shape index (κ3) is 5.22. The van der Waals surface area contributed by atoms with Crippen LogP contribution >= 0.6 is 0 Å². The van der Waals surface area contributed by atoms with E-state index in [4.69, 9.17) is 15.1 Å². The van der Waals surface area contributed by atoms with E-state index in [1.54, 1.807) is 0 Å². The summed E-state index contributed by atoms with van der Waals surface area (Å²) in [6.45, 7) is 3.00. The molecule has 1 amide bonds. The summed E-state index contributed by atoms with van der Waals surface area (Å²) in [5.74, 6) is 2.75. The summed E-state index contributed by atoms with van der Waals surface area (Å²) < 4.78 is 1.90. The lowest BCUT2D eigenvalue weighted by atomic mass is 10.0. The minimum Gasteiger partial charge on any atom is -0.352 e. The second kappa shape index (κ2) is 10.7. The number of hydrogen-bond donors (Lipinski definition) is 0. The van der Waals surface area contributed by atoms with Crippen molar-refractivity contribution in [1.82, 2.24) is 24.6 Å². The molecule has 190 valence electrons. The molecule has 0 spiro atoms. The molecule has 0 unspecified atom stereocenters. The molecular weight excluding hydrogens is 460 g/mol. The zero-order valence-electron chi connectivity index (χ0n) is 21.3. The average molecular weight is 495 g/mol. The van der Waals surface area contributed by atoms with Gasteiger partial charge in [0.15, 0.2) is 5.65 Å². The van der Waals surface area contributed by atoms with Crippen molar-refractivity contribution in [2.75, 3.05) is 31.1 Å². The van der Waals surface area contributed by atoms with Crippen LogP contribution in [0.25, 0.3) is 16.7 Å². The standard InChI is InChI=1S/C30H34N6O/c37-28(16-15-23-9-7-8-10-23)34-17-19-35(20-18-34)29-26-22-31-36(25-13-5-2-6-14-25)30(26)33-27(32-29)21-24-11-3-1-4-12-24/h1-6,11-14,22-23H,7-10,15-21H2. The maximum Gasteiger partial charge on any atom is 0.222 e. The second-order valence-corrected chi connectivity index (χ2v) is 10.3. The molecule has 7 nitrogen and oxygen atoms in total. The Balaban J connectivity index is 1.24. The highest BCUT2D eigenvalue weighted by atomic mass is 16.2. The van der Waals surface area contributed by atoms with E-state index in [-0.39, 0.29) is 0 Å². The van der Waals surface area contributed by atoms with E-state index < -0.39 is 0 Å². The van der Waals surface area contributed by atoms with Crippen LogP contribution < -0.4 is 4.90 Å². The molecule has 1 saturated carbocycles. The van der Waals surface area contributed by atoms with Gasteiger partial charge < -0.3 is 9.80 Å². The molecule has 2 aromatic carbocycles. The van der Waals surface area contributed by atoms with Crippen LogP contribution in [-0.2, 0) is 11.2 Å². The topological polar surface area (TPSA) is 67.2 Å². The predicted octanol–water partition coefficient (Wildman–Crippen LogP) is 5.03. The van der Waals surface area contributed by atoms with Gasteiger partial charge in [0.05, 0.1) is 17.3 Å². The molecular formula is C30H34N6O. The molecule has 1 saturated heterocycles. The SMILES string of the molecule is O=C(CCC1CCCC1)N1CCN(c2nc(Cc3ccccc3)nc3c2cnn3-c2ccccc2)CC1. The fraction of sp³-hybridized carbons (Fsp3) is 0.400. The number of hydrogen-bond acceptors (Lipinski definition) is 5. The van der Waals surface area contributed by atoms with Gasteiger partial charge in [-0.05, 0) is 30.0 Å². The van der Waals surface area contributed by atoms with E-state index >= 15 is 0 Å². The molecule has 2 aliphatic rings. The van der Waals surface area contributed by atoms with Crippen LogP contribution in [0.2, 0.25) is 0 Å². The minimum absolute atomic E-state index is 0.307. The number of amides is 1. The fourth-order valence-corrected chi connectivity index (χ4v) is 5.75. The molecule has 1 aliphatic heterocycles. The maximum absolute atomic E-state index is 12.9. The van der Waals surface area contributed by atoms with Gasteiger partial charge in [0.2, 0.25) is 5.91 Å². The Morgan fingerprint density at radius 3 is 2.30 bits per heavy atom. The molecule has 4 aromatic rings. The molecule has 1 aliphatic carbocycles. The number of carbonyl (C=O) groups excluding carboxylic acids is 1. The van der Waals surface area contributed by atoms with Gasteiger partial charge in [-0.3, -0.25) is 4.79 Å². The molecule has 0 bridgehead atoms. The lowest BCUT2D eigenvalue weighted by Crippen LogP contribution is -2.49. The van der Waals surface area contributed by atoms with Crippen LogP contribution in [0.15, 0.2) is 66.9 Å². The number of carbonyl (C=O) groups is 1. The number of aromatic nitrogens is 4. The van der Waals surface area contributed by atoms with Crippen molar-refractivity contribution in [3.8, 4) is 5.69 Å². The van der Waals surface area contributed by atoms with Gasteiger partial charge in [-0.2, -0.15) is 5.10 Å². The van der Waals surface area contributed by atoms with Gasteiger partial charge in [-0.1, -0.05) is 74.2 Å². The van der Waals surface area contributed by atoms with Crippen LogP contribution in [0.3, 0.4) is 0 Å². The van der Waals surface area contributed by atoms with Crippen LogP contribution in [0.4, 0.5) is 5.82 Å². The van der Waals surface area contributed by atoms with Crippen LogP contribution in [0, 0.1) is 5.92 Å². The number of nitrogens with zero attached hydrogens (tertiary/aromatic N) is 6. The smallest absolute Gasteiger partial charge is 0.222 e. The zero-order chi connectivity index (χ0) is 25.0. The average Bonchev–Trinajstić information content (AvgIpc) is 3.63. The normalized spacial score (nSPS) is 16.5. The van der Waals surface area contributed by atoms with E-state index in [1.165, 1.54) is 31.2 Å². The Kier molecular flexibility index (Phi) is 6.84. The van der Waals surface area contributed by atoms with E-state index in [0.717, 1.165) is 66.9 Å². The van der Waals surface area contributed by atoms with Crippen LogP contribution in [0.5, 0.6) is 0 Å². The molecule has 2 aromatic heterocycles. The van der Waals surface area contributed by atoms with Crippen molar-refractivity contribution in [3.63, 3.8) is 0 Å². The molecule has 6 rings (SSSR count). The summed E-state index contributed by atoms with van der Waals surface area (Å²) in [4.78, 5) is 27.3. The third-order valence-corrected chi connectivity index (χ3v) is 7.83. The number of fused-ring (bicyclic) bond motifs is 1. The Morgan fingerprint density at radius 2 is 1.57 bits per heavy atom. The van der Waals surface area contributed by atoms with Crippen molar-refractivity contribution in [2.24, 2.45) is 5.92 Å². The van der Waals surface area contributed by atoms with Gasteiger partial charge in [0.25, 0.3) is 0 Å². The van der Waals surface area contributed by atoms with E-state index in [1.807, 2.05) is 64.3 Å². The first kappa shape index (κ1) is 23.6. The Hall–Kier alpha value is -3.74. The van der Waals surface area contributed by atoms with Crippen molar-refractivity contribution in [2.45, 2.75) is 44.9 Å². The Morgan fingerprint density at radius 1 is 0.865 bits per heavy atom. The first-order chi connectivity index (χ1) is 18.2. The number of anilines is 1. The van der Waals surface area contributed by atoms with Crippen LogP contribution in [-0.4, -0.2) is 56.7 Å². The second-order valence-electron chi connectivity index (χ2n) is 10.3. The lowest BCUT2D eigenvalue weighted by molar-refractivity contribution is -0.131. The predicted molar refractivity (Wildman–Crippen MR) is 146 cm³/mol. The van der Waals surface area contributed by atoms with Crippen molar-refractivity contribution in [3.05, 3.63) is 78.2 Å². The largest absolute Gasteiger partial charge is 0.352 e. The van der Waals surface area contributed by atoms with Crippen molar-refractivity contribution < 1.29 is 4.79 Å².